The molecule has 0 bridgehead atoms. The number of hydrogen-bond donors (Lipinski definition) is 1. The largest absolute Gasteiger partial charge is 0.320 e. The van der Waals surface area contributed by atoms with Crippen LogP contribution < -0.4 is 5.73 Å². The second-order valence-corrected chi connectivity index (χ2v) is 6.53. The van der Waals surface area contributed by atoms with Crippen molar-refractivity contribution in [2.75, 3.05) is 0 Å². The molecule has 0 aliphatic carbocycles. The van der Waals surface area contributed by atoms with E-state index in [1.165, 1.54) is 10.9 Å². The Labute approximate surface area is 113 Å². The molecule has 0 aliphatic rings. The fraction of sp³-hybridized carbons (Fsp3) is 0.143. The van der Waals surface area contributed by atoms with E-state index in [9.17, 15) is 4.39 Å². The molecule has 0 fully saturated rings. The van der Waals surface area contributed by atoms with Gasteiger partial charge < -0.3 is 5.73 Å². The maximum absolute atomic E-state index is 13.2. The zero-order valence-corrected chi connectivity index (χ0v) is 11.4. The summed E-state index contributed by atoms with van der Waals surface area (Å²) in [5.41, 5.74) is 7.38. The highest BCUT2D eigenvalue weighted by molar-refractivity contribution is 7.19. The lowest BCUT2D eigenvalue weighted by Crippen LogP contribution is -2.08. The molecule has 1 atom stereocenters. The van der Waals surface area contributed by atoms with Crippen molar-refractivity contribution >= 4 is 32.8 Å². The molecule has 0 radical (unpaired) electrons. The Morgan fingerprint density at radius 1 is 1.22 bits per heavy atom. The molecule has 3 aromatic rings. The standard InChI is InChI=1S/C14H12FNS2/c1-8-4-10(7-17-8)14(16)13-5-9-2-3-11(15)6-12(9)18-13/h2-7,14H,16H2,1H3. The highest BCUT2D eigenvalue weighted by Gasteiger charge is 2.13. The summed E-state index contributed by atoms with van der Waals surface area (Å²) in [5.74, 6) is -0.198. The van der Waals surface area contributed by atoms with Crippen molar-refractivity contribution in [3.63, 3.8) is 0 Å². The van der Waals surface area contributed by atoms with Gasteiger partial charge in [-0.15, -0.1) is 22.7 Å². The Morgan fingerprint density at radius 2 is 2.06 bits per heavy atom. The zero-order chi connectivity index (χ0) is 12.7. The van der Waals surface area contributed by atoms with Crippen LogP contribution in [0.25, 0.3) is 10.1 Å². The molecule has 3 rings (SSSR count). The molecule has 18 heavy (non-hydrogen) atoms. The molecule has 0 amide bonds. The summed E-state index contributed by atoms with van der Waals surface area (Å²) in [7, 11) is 0. The molecule has 2 N–H and O–H groups in total. The minimum atomic E-state index is -0.198. The van der Waals surface area contributed by atoms with Crippen molar-refractivity contribution < 1.29 is 4.39 Å². The molecule has 2 aromatic heterocycles. The average molecular weight is 277 g/mol. The number of thiophene rings is 2. The molecule has 0 saturated carbocycles. The summed E-state index contributed by atoms with van der Waals surface area (Å²) in [6.45, 7) is 2.07. The van der Waals surface area contributed by atoms with E-state index in [4.69, 9.17) is 5.73 Å². The van der Waals surface area contributed by atoms with Gasteiger partial charge in [-0.1, -0.05) is 6.07 Å². The van der Waals surface area contributed by atoms with Crippen LogP contribution >= 0.6 is 22.7 Å². The van der Waals surface area contributed by atoms with E-state index in [1.54, 1.807) is 34.8 Å². The molecule has 92 valence electrons. The van der Waals surface area contributed by atoms with Crippen molar-refractivity contribution in [1.29, 1.82) is 0 Å². The number of benzene rings is 1. The van der Waals surface area contributed by atoms with Crippen molar-refractivity contribution in [2.24, 2.45) is 5.73 Å². The quantitative estimate of drug-likeness (QED) is 0.735. The molecule has 1 unspecified atom stereocenters. The number of nitrogens with two attached hydrogens (primary N) is 1. The Balaban J connectivity index is 2.03. The van der Waals surface area contributed by atoms with Gasteiger partial charge in [0.25, 0.3) is 0 Å². The lowest BCUT2D eigenvalue weighted by Gasteiger charge is -2.06. The predicted molar refractivity (Wildman–Crippen MR) is 76.9 cm³/mol. The Kier molecular flexibility index (Phi) is 2.93. The number of halogens is 1. The van der Waals surface area contributed by atoms with Crippen LogP contribution in [0.2, 0.25) is 0 Å². The lowest BCUT2D eigenvalue weighted by molar-refractivity contribution is 0.630. The van der Waals surface area contributed by atoms with Gasteiger partial charge in [-0.3, -0.25) is 0 Å². The molecular formula is C14H12FNS2. The Hall–Kier alpha value is -1.23. The summed E-state index contributed by atoms with van der Waals surface area (Å²) in [4.78, 5) is 2.33. The first-order valence-electron chi connectivity index (χ1n) is 5.63. The first kappa shape index (κ1) is 11.8. The van der Waals surface area contributed by atoms with Crippen LogP contribution in [0, 0.1) is 12.7 Å². The van der Waals surface area contributed by atoms with E-state index in [0.717, 1.165) is 20.5 Å². The van der Waals surface area contributed by atoms with Crippen molar-refractivity contribution in [2.45, 2.75) is 13.0 Å². The van der Waals surface area contributed by atoms with Crippen molar-refractivity contribution in [1.82, 2.24) is 0 Å². The Morgan fingerprint density at radius 3 is 2.78 bits per heavy atom. The average Bonchev–Trinajstić information content (AvgIpc) is 2.93. The third kappa shape index (κ3) is 2.07. The zero-order valence-electron chi connectivity index (χ0n) is 9.81. The smallest absolute Gasteiger partial charge is 0.124 e. The first-order chi connectivity index (χ1) is 8.63. The SMILES string of the molecule is Cc1cc(C(N)c2cc3ccc(F)cc3s2)cs1. The summed E-state index contributed by atoms with van der Waals surface area (Å²) in [6.07, 6.45) is 0. The fourth-order valence-electron chi connectivity index (χ4n) is 1.97. The van der Waals surface area contributed by atoms with Gasteiger partial charge in [-0.25, -0.2) is 4.39 Å². The van der Waals surface area contributed by atoms with Crippen molar-refractivity contribution in [3.8, 4) is 0 Å². The molecule has 0 spiro atoms. The van der Waals surface area contributed by atoms with E-state index >= 15 is 0 Å². The van der Waals surface area contributed by atoms with Crippen molar-refractivity contribution in [3.05, 3.63) is 56.8 Å². The molecule has 1 aromatic carbocycles. The van der Waals surface area contributed by atoms with Crippen LogP contribution in [0.4, 0.5) is 4.39 Å². The van der Waals surface area contributed by atoms with Crippen LogP contribution in [-0.2, 0) is 0 Å². The number of fused-ring (bicyclic) bond motifs is 1. The van der Waals surface area contributed by atoms with E-state index in [1.807, 2.05) is 0 Å². The monoisotopic (exact) mass is 277 g/mol. The van der Waals surface area contributed by atoms with E-state index in [-0.39, 0.29) is 11.9 Å². The molecule has 1 nitrogen and oxygen atoms in total. The molecule has 0 saturated heterocycles. The van der Waals surface area contributed by atoms with Gasteiger partial charge in [0, 0.05) is 14.5 Å². The van der Waals surface area contributed by atoms with E-state index in [2.05, 4.69) is 24.4 Å². The highest BCUT2D eigenvalue weighted by Crippen LogP contribution is 2.33. The summed E-state index contributed by atoms with van der Waals surface area (Å²) >= 11 is 3.26. The van der Waals surface area contributed by atoms with E-state index < -0.39 is 0 Å². The van der Waals surface area contributed by atoms with E-state index in [0.29, 0.717) is 0 Å². The van der Waals surface area contributed by atoms with Crippen LogP contribution in [0.1, 0.15) is 21.4 Å². The number of aryl methyl sites for hydroxylation is 1. The maximum Gasteiger partial charge on any atom is 0.124 e. The first-order valence-corrected chi connectivity index (χ1v) is 7.33. The third-order valence-electron chi connectivity index (χ3n) is 2.92. The highest BCUT2D eigenvalue weighted by atomic mass is 32.1. The van der Waals surface area contributed by atoms with Gasteiger partial charge in [-0.2, -0.15) is 0 Å². The van der Waals surface area contributed by atoms with Gasteiger partial charge in [0.05, 0.1) is 6.04 Å². The number of hydrogen-bond acceptors (Lipinski definition) is 3. The summed E-state index contributed by atoms with van der Waals surface area (Å²) in [5, 5.41) is 3.14. The fourth-order valence-corrected chi connectivity index (χ4v) is 3.83. The molecule has 0 aliphatic heterocycles. The van der Waals surface area contributed by atoms with Crippen LogP contribution in [0.15, 0.2) is 35.7 Å². The van der Waals surface area contributed by atoms with Crippen LogP contribution in [-0.4, -0.2) is 0 Å². The summed E-state index contributed by atoms with van der Waals surface area (Å²) < 4.78 is 14.1. The normalized spacial score (nSPS) is 13.1. The molecule has 4 heteroatoms. The summed E-state index contributed by atoms with van der Waals surface area (Å²) in [6, 6.07) is 8.90. The molecular weight excluding hydrogens is 265 g/mol. The van der Waals surface area contributed by atoms with Gasteiger partial charge in [0.1, 0.15) is 5.82 Å². The van der Waals surface area contributed by atoms with Crippen LogP contribution in [0.3, 0.4) is 0 Å². The van der Waals surface area contributed by atoms with Gasteiger partial charge in [0.2, 0.25) is 0 Å². The maximum atomic E-state index is 13.2. The second-order valence-electron chi connectivity index (χ2n) is 4.30. The second kappa shape index (κ2) is 4.46. The predicted octanol–water partition coefficient (Wildman–Crippen LogP) is 4.46. The third-order valence-corrected chi connectivity index (χ3v) is 4.98. The van der Waals surface area contributed by atoms with Gasteiger partial charge in [0.15, 0.2) is 0 Å². The lowest BCUT2D eigenvalue weighted by atomic mass is 10.1. The molecule has 2 heterocycles. The number of rotatable bonds is 2. The minimum absolute atomic E-state index is 0.115. The minimum Gasteiger partial charge on any atom is -0.320 e. The topological polar surface area (TPSA) is 26.0 Å². The van der Waals surface area contributed by atoms with Crippen LogP contribution in [0.5, 0.6) is 0 Å². The van der Waals surface area contributed by atoms with Gasteiger partial charge in [-0.05, 0) is 47.5 Å². The Bertz CT molecular complexity index is 699. The van der Waals surface area contributed by atoms with Gasteiger partial charge >= 0.3 is 0 Å².